The van der Waals surface area contributed by atoms with Gasteiger partial charge in [-0.1, -0.05) is 18.2 Å². The van der Waals surface area contributed by atoms with Crippen LogP contribution in [0.1, 0.15) is 6.92 Å². The predicted octanol–water partition coefficient (Wildman–Crippen LogP) is -1.04. The number of rotatable bonds is 7. The number of nitrogens with zero attached hydrogens (tertiary/aromatic N) is 2. The third-order valence-corrected chi connectivity index (χ3v) is 5.15. The molecule has 9 nitrogen and oxygen atoms in total. The van der Waals surface area contributed by atoms with Gasteiger partial charge >= 0.3 is 0 Å². The summed E-state index contributed by atoms with van der Waals surface area (Å²) in [5.41, 5.74) is 5.38. The van der Waals surface area contributed by atoms with E-state index in [1.807, 2.05) is 6.07 Å². The van der Waals surface area contributed by atoms with Crippen LogP contribution in [0.25, 0.3) is 0 Å². The minimum Gasteiger partial charge on any atom is -0.481 e. The van der Waals surface area contributed by atoms with Crippen molar-refractivity contribution in [3.63, 3.8) is 0 Å². The molecule has 1 fully saturated rings. The van der Waals surface area contributed by atoms with Gasteiger partial charge in [-0.3, -0.25) is 9.59 Å². The summed E-state index contributed by atoms with van der Waals surface area (Å²) >= 11 is 0. The van der Waals surface area contributed by atoms with E-state index in [9.17, 15) is 18.0 Å². The lowest BCUT2D eigenvalue weighted by molar-refractivity contribution is -0.145. The Hall–Kier alpha value is -2.17. The lowest BCUT2D eigenvalue weighted by Gasteiger charge is -2.29. The molecule has 10 heteroatoms. The SMILES string of the molecule is CC(Oc1ccccc1)C(=O)N1CCN(S(C)(=O)=O)C1C(=O)NCCN. The summed E-state index contributed by atoms with van der Waals surface area (Å²) < 4.78 is 30.6. The van der Waals surface area contributed by atoms with Crippen molar-refractivity contribution in [2.75, 3.05) is 32.4 Å². The van der Waals surface area contributed by atoms with Crippen LogP contribution in [0.5, 0.6) is 5.75 Å². The maximum Gasteiger partial charge on any atom is 0.265 e. The first kappa shape index (κ1) is 20.1. The second-order valence-electron chi connectivity index (χ2n) is 5.93. The second-order valence-corrected chi connectivity index (χ2v) is 7.87. The van der Waals surface area contributed by atoms with E-state index in [0.717, 1.165) is 10.6 Å². The van der Waals surface area contributed by atoms with Gasteiger partial charge in [-0.15, -0.1) is 0 Å². The molecule has 2 atom stereocenters. The zero-order chi connectivity index (χ0) is 19.3. The fourth-order valence-electron chi connectivity index (χ4n) is 2.73. The Morgan fingerprint density at radius 1 is 1.31 bits per heavy atom. The van der Waals surface area contributed by atoms with E-state index in [1.54, 1.807) is 31.2 Å². The molecule has 0 aliphatic carbocycles. The molecule has 1 aromatic carbocycles. The Bertz CT molecular complexity index is 740. The standard InChI is InChI=1S/C16H24N4O5S/c1-12(25-13-6-4-3-5-7-13)16(22)19-10-11-20(26(2,23)24)15(19)14(21)18-9-8-17/h3-7,12,15H,8-11,17H2,1-2H3,(H,18,21). The Labute approximate surface area is 153 Å². The van der Waals surface area contributed by atoms with Crippen molar-refractivity contribution in [1.82, 2.24) is 14.5 Å². The van der Waals surface area contributed by atoms with E-state index in [0.29, 0.717) is 5.75 Å². The Balaban J connectivity index is 2.18. The number of hydrogen-bond donors (Lipinski definition) is 2. The maximum atomic E-state index is 12.8. The summed E-state index contributed by atoms with van der Waals surface area (Å²) in [7, 11) is -3.67. The number of nitrogens with two attached hydrogens (primary N) is 1. The van der Waals surface area contributed by atoms with Gasteiger partial charge in [0, 0.05) is 26.2 Å². The fraction of sp³-hybridized carbons (Fsp3) is 0.500. The van der Waals surface area contributed by atoms with E-state index < -0.39 is 34.1 Å². The molecule has 1 saturated heterocycles. The maximum absolute atomic E-state index is 12.8. The molecule has 1 aromatic rings. The topological polar surface area (TPSA) is 122 Å². The molecular weight excluding hydrogens is 360 g/mol. The third-order valence-electron chi connectivity index (χ3n) is 3.92. The number of nitrogens with one attached hydrogen (secondary N) is 1. The monoisotopic (exact) mass is 384 g/mol. The summed E-state index contributed by atoms with van der Waals surface area (Å²) in [6, 6.07) is 8.79. The van der Waals surface area contributed by atoms with Crippen LogP contribution in [0.4, 0.5) is 0 Å². The van der Waals surface area contributed by atoms with Crippen LogP contribution in [0.15, 0.2) is 30.3 Å². The summed E-state index contributed by atoms with van der Waals surface area (Å²) in [4.78, 5) is 26.5. The first-order valence-corrected chi connectivity index (χ1v) is 10.1. The van der Waals surface area contributed by atoms with E-state index in [2.05, 4.69) is 5.32 Å². The Morgan fingerprint density at radius 3 is 2.54 bits per heavy atom. The van der Waals surface area contributed by atoms with E-state index in [-0.39, 0.29) is 26.2 Å². The highest BCUT2D eigenvalue weighted by Crippen LogP contribution is 2.21. The molecule has 0 aromatic heterocycles. The van der Waals surface area contributed by atoms with Gasteiger partial charge in [-0.05, 0) is 19.1 Å². The summed E-state index contributed by atoms with van der Waals surface area (Å²) in [5.74, 6) is -0.539. The minimum atomic E-state index is -3.67. The second kappa shape index (κ2) is 8.47. The molecule has 3 N–H and O–H groups in total. The summed E-state index contributed by atoms with van der Waals surface area (Å²) in [6.45, 7) is 2.11. The summed E-state index contributed by atoms with van der Waals surface area (Å²) in [5, 5.41) is 2.55. The average Bonchev–Trinajstić information content (AvgIpc) is 3.05. The van der Waals surface area contributed by atoms with Gasteiger partial charge in [0.2, 0.25) is 10.0 Å². The first-order valence-electron chi connectivity index (χ1n) is 8.22. The molecular formula is C16H24N4O5S. The van der Waals surface area contributed by atoms with Crippen LogP contribution >= 0.6 is 0 Å². The van der Waals surface area contributed by atoms with Crippen molar-refractivity contribution in [2.45, 2.75) is 19.2 Å². The van der Waals surface area contributed by atoms with Crippen molar-refractivity contribution < 1.29 is 22.7 Å². The molecule has 26 heavy (non-hydrogen) atoms. The molecule has 1 aliphatic rings. The van der Waals surface area contributed by atoms with Crippen LogP contribution in [0.3, 0.4) is 0 Å². The van der Waals surface area contributed by atoms with Crippen molar-refractivity contribution in [3.8, 4) is 5.75 Å². The van der Waals surface area contributed by atoms with Crippen LogP contribution in [-0.4, -0.2) is 74.1 Å². The van der Waals surface area contributed by atoms with Gasteiger partial charge in [0.05, 0.1) is 6.26 Å². The normalized spacial score (nSPS) is 19.2. The molecule has 0 bridgehead atoms. The zero-order valence-corrected chi connectivity index (χ0v) is 15.6. The van der Waals surface area contributed by atoms with Crippen LogP contribution in [-0.2, 0) is 19.6 Å². The van der Waals surface area contributed by atoms with Gasteiger partial charge in [0.15, 0.2) is 12.3 Å². The largest absolute Gasteiger partial charge is 0.481 e. The smallest absolute Gasteiger partial charge is 0.265 e. The number of ether oxygens (including phenoxy) is 1. The van der Waals surface area contributed by atoms with Gasteiger partial charge < -0.3 is 20.7 Å². The third kappa shape index (κ3) is 4.71. The highest BCUT2D eigenvalue weighted by molar-refractivity contribution is 7.88. The van der Waals surface area contributed by atoms with E-state index in [4.69, 9.17) is 10.5 Å². The van der Waals surface area contributed by atoms with Gasteiger partial charge in [-0.2, -0.15) is 4.31 Å². The molecule has 0 saturated carbocycles. The minimum absolute atomic E-state index is 0.0450. The predicted molar refractivity (Wildman–Crippen MR) is 95.6 cm³/mol. The molecule has 2 amide bonds. The number of hydrogen-bond acceptors (Lipinski definition) is 6. The van der Waals surface area contributed by atoms with Crippen molar-refractivity contribution in [3.05, 3.63) is 30.3 Å². The number of para-hydroxylation sites is 1. The molecule has 1 heterocycles. The molecule has 144 valence electrons. The quantitative estimate of drug-likeness (QED) is 0.619. The number of carbonyl (C=O) groups is 2. The van der Waals surface area contributed by atoms with Crippen LogP contribution < -0.4 is 15.8 Å². The average molecular weight is 384 g/mol. The number of amides is 2. The highest BCUT2D eigenvalue weighted by atomic mass is 32.2. The summed E-state index contributed by atoms with van der Waals surface area (Å²) in [6.07, 6.45) is -1.11. The van der Waals surface area contributed by atoms with Crippen molar-refractivity contribution >= 4 is 21.8 Å². The molecule has 1 aliphatic heterocycles. The van der Waals surface area contributed by atoms with Crippen LogP contribution in [0, 0.1) is 0 Å². The number of sulfonamides is 1. The molecule has 0 radical (unpaired) electrons. The van der Waals surface area contributed by atoms with E-state index >= 15 is 0 Å². The van der Waals surface area contributed by atoms with Crippen molar-refractivity contribution in [1.29, 1.82) is 0 Å². The number of carbonyl (C=O) groups excluding carboxylic acids is 2. The Morgan fingerprint density at radius 2 is 1.96 bits per heavy atom. The molecule has 2 unspecified atom stereocenters. The van der Waals surface area contributed by atoms with Crippen LogP contribution in [0.2, 0.25) is 0 Å². The Kier molecular flexibility index (Phi) is 6.57. The first-order chi connectivity index (χ1) is 12.3. The van der Waals surface area contributed by atoms with Gasteiger partial charge in [0.25, 0.3) is 11.8 Å². The molecule has 2 rings (SSSR count). The van der Waals surface area contributed by atoms with Gasteiger partial charge in [0.1, 0.15) is 5.75 Å². The molecule has 0 spiro atoms. The van der Waals surface area contributed by atoms with E-state index in [1.165, 1.54) is 4.90 Å². The lowest BCUT2D eigenvalue weighted by Crippen LogP contribution is -2.56. The zero-order valence-electron chi connectivity index (χ0n) is 14.8. The van der Waals surface area contributed by atoms with Gasteiger partial charge in [-0.25, -0.2) is 8.42 Å². The number of benzene rings is 1. The fourth-order valence-corrected chi connectivity index (χ4v) is 3.72. The lowest BCUT2D eigenvalue weighted by atomic mass is 10.3. The van der Waals surface area contributed by atoms with Crippen molar-refractivity contribution in [2.24, 2.45) is 5.73 Å². The highest BCUT2D eigenvalue weighted by Gasteiger charge is 2.45.